The van der Waals surface area contributed by atoms with Crippen LogP contribution in [0.2, 0.25) is 0 Å². The summed E-state index contributed by atoms with van der Waals surface area (Å²) in [4.78, 5) is 0. The van der Waals surface area contributed by atoms with Crippen LogP contribution >= 0.6 is 0 Å². The second kappa shape index (κ2) is 4.82. The molecule has 96 valence electrons. The molecule has 1 unspecified atom stereocenters. The topological polar surface area (TPSA) is 50.5 Å². The van der Waals surface area contributed by atoms with Gasteiger partial charge in [0.2, 0.25) is 10.0 Å². The molecule has 0 radical (unpaired) electrons. The number of furan rings is 1. The fraction of sp³-hybridized carbons (Fsp3) is 0.667. The first-order valence-electron chi connectivity index (χ1n) is 6.03. The Morgan fingerprint density at radius 1 is 1.53 bits per heavy atom. The average molecular weight is 257 g/mol. The first kappa shape index (κ1) is 12.6. The van der Waals surface area contributed by atoms with Crippen molar-refractivity contribution in [1.29, 1.82) is 0 Å². The highest BCUT2D eigenvalue weighted by atomic mass is 32.2. The van der Waals surface area contributed by atoms with Crippen LogP contribution in [-0.2, 0) is 10.0 Å². The summed E-state index contributed by atoms with van der Waals surface area (Å²) in [5.41, 5.74) is 0. The summed E-state index contributed by atoms with van der Waals surface area (Å²) >= 11 is 0. The van der Waals surface area contributed by atoms with Gasteiger partial charge in [-0.1, -0.05) is 13.8 Å². The molecule has 0 spiro atoms. The highest BCUT2D eigenvalue weighted by Crippen LogP contribution is 2.34. The third-order valence-electron chi connectivity index (χ3n) is 2.98. The third-order valence-corrected chi connectivity index (χ3v) is 5.22. The molecule has 17 heavy (non-hydrogen) atoms. The van der Waals surface area contributed by atoms with Crippen LogP contribution in [0.5, 0.6) is 0 Å². The van der Waals surface area contributed by atoms with Crippen LogP contribution in [-0.4, -0.2) is 25.0 Å². The zero-order valence-corrected chi connectivity index (χ0v) is 11.1. The molecular weight excluding hydrogens is 238 g/mol. The lowest BCUT2D eigenvalue weighted by atomic mass is 10.2. The maximum atomic E-state index is 12.2. The summed E-state index contributed by atoms with van der Waals surface area (Å²) in [6.45, 7) is 4.46. The Labute approximate surface area is 103 Å². The summed E-state index contributed by atoms with van der Waals surface area (Å²) in [5.74, 6) is 1.12. The molecule has 5 heteroatoms. The third kappa shape index (κ3) is 2.72. The smallest absolute Gasteiger partial charge is 0.215 e. The summed E-state index contributed by atoms with van der Waals surface area (Å²) in [7, 11) is -3.16. The lowest BCUT2D eigenvalue weighted by molar-refractivity contribution is 0.338. The number of hydrogen-bond donors (Lipinski definition) is 0. The Kier molecular flexibility index (Phi) is 3.58. The Morgan fingerprint density at radius 2 is 2.29 bits per heavy atom. The van der Waals surface area contributed by atoms with E-state index in [2.05, 4.69) is 0 Å². The van der Waals surface area contributed by atoms with E-state index in [-0.39, 0.29) is 17.7 Å². The van der Waals surface area contributed by atoms with E-state index in [9.17, 15) is 8.42 Å². The maximum absolute atomic E-state index is 12.2. The fourth-order valence-electron chi connectivity index (χ4n) is 2.36. The minimum Gasteiger partial charge on any atom is -0.468 e. The van der Waals surface area contributed by atoms with Crippen LogP contribution in [0.4, 0.5) is 0 Å². The number of sulfonamides is 1. The molecule has 2 heterocycles. The van der Waals surface area contributed by atoms with E-state index in [1.54, 1.807) is 16.6 Å². The molecule has 0 N–H and O–H groups in total. The number of hydrogen-bond acceptors (Lipinski definition) is 3. The summed E-state index contributed by atoms with van der Waals surface area (Å²) < 4.78 is 31.4. The summed E-state index contributed by atoms with van der Waals surface area (Å²) in [6, 6.07) is 3.56. The van der Waals surface area contributed by atoms with E-state index < -0.39 is 10.0 Å². The monoisotopic (exact) mass is 257 g/mol. The summed E-state index contributed by atoms with van der Waals surface area (Å²) in [6.07, 6.45) is 3.36. The SMILES string of the molecule is CC(C)CS(=O)(=O)N1CCCC1c1ccco1. The molecule has 0 saturated carbocycles. The van der Waals surface area contributed by atoms with Gasteiger partial charge >= 0.3 is 0 Å². The van der Waals surface area contributed by atoms with Crippen LogP contribution < -0.4 is 0 Å². The minimum atomic E-state index is -3.16. The predicted molar refractivity (Wildman–Crippen MR) is 66.0 cm³/mol. The molecule has 1 aliphatic heterocycles. The Bertz CT molecular complexity index is 450. The van der Waals surface area contributed by atoms with Crippen molar-refractivity contribution in [2.45, 2.75) is 32.7 Å². The first-order valence-corrected chi connectivity index (χ1v) is 7.64. The van der Waals surface area contributed by atoms with Gasteiger partial charge in [0.15, 0.2) is 0 Å². The van der Waals surface area contributed by atoms with Gasteiger partial charge in [-0.2, -0.15) is 4.31 Å². The van der Waals surface area contributed by atoms with Gasteiger partial charge in [0.25, 0.3) is 0 Å². The molecule has 0 bridgehead atoms. The summed E-state index contributed by atoms with van der Waals surface area (Å²) in [5, 5.41) is 0. The zero-order valence-electron chi connectivity index (χ0n) is 10.3. The highest BCUT2D eigenvalue weighted by Gasteiger charge is 2.36. The van der Waals surface area contributed by atoms with Crippen molar-refractivity contribution in [3.63, 3.8) is 0 Å². The number of rotatable bonds is 4. The Hall–Kier alpha value is -0.810. The van der Waals surface area contributed by atoms with E-state index in [1.165, 1.54) is 0 Å². The van der Waals surface area contributed by atoms with Crippen molar-refractivity contribution in [3.8, 4) is 0 Å². The fourth-order valence-corrected chi connectivity index (χ4v) is 4.39. The number of nitrogens with zero attached hydrogens (tertiary/aromatic N) is 1. The van der Waals surface area contributed by atoms with Gasteiger partial charge in [-0.05, 0) is 30.9 Å². The lowest BCUT2D eigenvalue weighted by Crippen LogP contribution is -2.33. The van der Waals surface area contributed by atoms with Gasteiger partial charge in [0.05, 0.1) is 18.1 Å². The van der Waals surface area contributed by atoms with Gasteiger partial charge in [-0.25, -0.2) is 8.42 Å². The van der Waals surface area contributed by atoms with Crippen LogP contribution in [0.3, 0.4) is 0 Å². The molecule has 0 amide bonds. The van der Waals surface area contributed by atoms with E-state index in [1.807, 2.05) is 19.9 Å². The van der Waals surface area contributed by atoms with Gasteiger partial charge in [0, 0.05) is 6.54 Å². The van der Waals surface area contributed by atoms with Crippen LogP contribution in [0, 0.1) is 5.92 Å². The molecule has 2 rings (SSSR count). The van der Waals surface area contributed by atoms with Crippen molar-refractivity contribution < 1.29 is 12.8 Å². The highest BCUT2D eigenvalue weighted by molar-refractivity contribution is 7.89. The van der Waals surface area contributed by atoms with Crippen LogP contribution in [0.25, 0.3) is 0 Å². The Morgan fingerprint density at radius 3 is 2.88 bits per heavy atom. The molecule has 0 aromatic carbocycles. The van der Waals surface area contributed by atoms with E-state index in [0.29, 0.717) is 6.54 Å². The molecule has 1 fully saturated rings. The largest absolute Gasteiger partial charge is 0.468 e. The normalized spacial score (nSPS) is 22.4. The zero-order chi connectivity index (χ0) is 12.5. The van der Waals surface area contributed by atoms with Gasteiger partial charge in [-0.15, -0.1) is 0 Å². The van der Waals surface area contributed by atoms with Crippen LogP contribution in [0.15, 0.2) is 22.8 Å². The maximum Gasteiger partial charge on any atom is 0.215 e. The van der Waals surface area contributed by atoms with Crippen molar-refractivity contribution in [1.82, 2.24) is 4.31 Å². The molecule has 1 aromatic rings. The predicted octanol–water partition coefficient (Wildman–Crippen LogP) is 2.40. The molecule has 1 aromatic heterocycles. The Balaban J connectivity index is 2.20. The van der Waals surface area contributed by atoms with E-state index >= 15 is 0 Å². The molecule has 1 atom stereocenters. The van der Waals surface area contributed by atoms with Crippen molar-refractivity contribution in [2.24, 2.45) is 5.92 Å². The van der Waals surface area contributed by atoms with E-state index in [4.69, 9.17) is 4.42 Å². The molecule has 4 nitrogen and oxygen atoms in total. The van der Waals surface area contributed by atoms with E-state index in [0.717, 1.165) is 18.6 Å². The van der Waals surface area contributed by atoms with Gasteiger partial charge < -0.3 is 4.42 Å². The van der Waals surface area contributed by atoms with Crippen molar-refractivity contribution in [2.75, 3.05) is 12.3 Å². The van der Waals surface area contributed by atoms with Crippen molar-refractivity contribution in [3.05, 3.63) is 24.2 Å². The second-order valence-corrected chi connectivity index (χ2v) is 6.92. The van der Waals surface area contributed by atoms with Crippen LogP contribution in [0.1, 0.15) is 38.5 Å². The minimum absolute atomic E-state index is 0.103. The molecular formula is C12H19NO3S. The van der Waals surface area contributed by atoms with Gasteiger partial charge in [-0.3, -0.25) is 0 Å². The standard InChI is InChI=1S/C12H19NO3S/c1-10(2)9-17(14,15)13-7-3-5-11(13)12-6-4-8-16-12/h4,6,8,10-11H,3,5,7,9H2,1-2H3. The van der Waals surface area contributed by atoms with Gasteiger partial charge in [0.1, 0.15) is 5.76 Å². The second-order valence-electron chi connectivity index (χ2n) is 4.96. The molecule has 1 saturated heterocycles. The quantitative estimate of drug-likeness (QED) is 0.832. The lowest BCUT2D eigenvalue weighted by Gasteiger charge is -2.23. The first-order chi connectivity index (χ1) is 8.00. The molecule has 1 aliphatic rings. The molecule has 0 aliphatic carbocycles. The van der Waals surface area contributed by atoms with Crippen molar-refractivity contribution >= 4 is 10.0 Å². The average Bonchev–Trinajstić information content (AvgIpc) is 2.86.